The minimum atomic E-state index is -2.57. The summed E-state index contributed by atoms with van der Waals surface area (Å²) >= 11 is 3.13. The third-order valence-corrected chi connectivity index (χ3v) is 2.59. The molecule has 0 aliphatic carbocycles. The maximum absolute atomic E-state index is 12.4. The molecule has 0 aliphatic heterocycles. The van der Waals surface area contributed by atoms with Crippen LogP contribution in [0.25, 0.3) is 0 Å². The zero-order valence-electron chi connectivity index (χ0n) is 9.78. The average molecular weight is 323 g/mol. The van der Waals surface area contributed by atoms with Gasteiger partial charge in [-0.05, 0) is 6.07 Å². The van der Waals surface area contributed by atoms with E-state index in [1.54, 1.807) is 0 Å². The van der Waals surface area contributed by atoms with Crippen LogP contribution >= 0.6 is 15.9 Å². The van der Waals surface area contributed by atoms with Crippen molar-refractivity contribution in [3.05, 3.63) is 24.0 Å². The van der Waals surface area contributed by atoms with Gasteiger partial charge in [0.15, 0.2) is 0 Å². The molecular formula is C11H13BrF2N2O2. The molecule has 0 saturated heterocycles. The van der Waals surface area contributed by atoms with Crippen LogP contribution < -0.4 is 4.74 Å². The molecule has 100 valence electrons. The Bertz CT molecular complexity index is 404. The van der Waals surface area contributed by atoms with Gasteiger partial charge in [-0.3, -0.25) is 9.78 Å². The SMILES string of the molecule is COc1cnccc1C(=O)N(CCBr)CC(F)F. The van der Waals surface area contributed by atoms with Crippen LogP contribution in [0.2, 0.25) is 0 Å². The summed E-state index contributed by atoms with van der Waals surface area (Å²) in [5.74, 6) is -0.217. The van der Waals surface area contributed by atoms with Crippen LogP contribution in [-0.4, -0.2) is 47.7 Å². The van der Waals surface area contributed by atoms with Crippen molar-refractivity contribution in [2.24, 2.45) is 0 Å². The summed E-state index contributed by atoms with van der Waals surface area (Å²) in [6.07, 6.45) is 0.229. The van der Waals surface area contributed by atoms with Gasteiger partial charge in [0.05, 0.1) is 25.4 Å². The lowest BCUT2D eigenvalue weighted by Crippen LogP contribution is -2.36. The van der Waals surface area contributed by atoms with Crippen LogP contribution in [0, 0.1) is 0 Å². The maximum Gasteiger partial charge on any atom is 0.257 e. The number of methoxy groups -OCH3 is 1. The van der Waals surface area contributed by atoms with Crippen molar-refractivity contribution in [2.75, 3.05) is 25.5 Å². The number of halogens is 3. The first kappa shape index (κ1) is 14.8. The Morgan fingerprint density at radius 3 is 2.89 bits per heavy atom. The Morgan fingerprint density at radius 1 is 1.61 bits per heavy atom. The fourth-order valence-electron chi connectivity index (χ4n) is 1.43. The van der Waals surface area contributed by atoms with E-state index in [9.17, 15) is 13.6 Å². The minimum absolute atomic E-state index is 0.203. The number of aromatic nitrogens is 1. The number of ether oxygens (including phenoxy) is 1. The van der Waals surface area contributed by atoms with Crippen molar-refractivity contribution < 1.29 is 18.3 Å². The molecular weight excluding hydrogens is 310 g/mol. The fraction of sp³-hybridized carbons (Fsp3) is 0.455. The predicted octanol–water partition coefficient (Wildman–Crippen LogP) is 2.19. The molecule has 0 saturated carbocycles. The van der Waals surface area contributed by atoms with Gasteiger partial charge in [0.1, 0.15) is 5.75 Å². The fourth-order valence-corrected chi connectivity index (χ4v) is 1.86. The van der Waals surface area contributed by atoms with Gasteiger partial charge in [0, 0.05) is 18.1 Å². The van der Waals surface area contributed by atoms with Crippen molar-refractivity contribution >= 4 is 21.8 Å². The first-order valence-electron chi connectivity index (χ1n) is 5.21. The highest BCUT2D eigenvalue weighted by Crippen LogP contribution is 2.18. The number of hydrogen-bond acceptors (Lipinski definition) is 3. The van der Waals surface area contributed by atoms with Crippen molar-refractivity contribution in [2.45, 2.75) is 6.43 Å². The van der Waals surface area contributed by atoms with Gasteiger partial charge >= 0.3 is 0 Å². The van der Waals surface area contributed by atoms with E-state index in [0.29, 0.717) is 5.33 Å². The quantitative estimate of drug-likeness (QED) is 0.754. The lowest BCUT2D eigenvalue weighted by atomic mass is 10.2. The van der Waals surface area contributed by atoms with E-state index in [1.165, 1.54) is 25.6 Å². The highest BCUT2D eigenvalue weighted by molar-refractivity contribution is 9.09. The summed E-state index contributed by atoms with van der Waals surface area (Å²) < 4.78 is 29.8. The second-order valence-electron chi connectivity index (χ2n) is 3.41. The Kier molecular flexibility index (Phi) is 5.97. The molecule has 7 heteroatoms. The summed E-state index contributed by atoms with van der Waals surface area (Å²) in [5.41, 5.74) is 0.231. The second-order valence-corrected chi connectivity index (χ2v) is 4.20. The number of pyridine rings is 1. The number of amides is 1. The largest absolute Gasteiger partial charge is 0.494 e. The van der Waals surface area contributed by atoms with E-state index in [4.69, 9.17) is 4.74 Å². The maximum atomic E-state index is 12.4. The van der Waals surface area contributed by atoms with Crippen molar-refractivity contribution in [1.82, 2.24) is 9.88 Å². The third kappa shape index (κ3) is 3.90. The second kappa shape index (κ2) is 7.25. The molecule has 0 aliphatic rings. The number of hydrogen-bond donors (Lipinski definition) is 0. The van der Waals surface area contributed by atoms with Gasteiger partial charge < -0.3 is 9.64 Å². The molecule has 0 spiro atoms. The zero-order valence-corrected chi connectivity index (χ0v) is 11.4. The topological polar surface area (TPSA) is 42.4 Å². The van der Waals surface area contributed by atoms with Crippen molar-refractivity contribution in [3.63, 3.8) is 0 Å². The van der Waals surface area contributed by atoms with Crippen LogP contribution in [0.15, 0.2) is 18.5 Å². The third-order valence-electron chi connectivity index (χ3n) is 2.23. The Balaban J connectivity index is 2.94. The number of rotatable bonds is 6. The molecule has 0 N–H and O–H groups in total. The first-order valence-corrected chi connectivity index (χ1v) is 6.33. The van der Waals surface area contributed by atoms with E-state index in [2.05, 4.69) is 20.9 Å². The summed E-state index contributed by atoms with van der Waals surface area (Å²) in [5, 5.41) is 0.429. The molecule has 0 atom stereocenters. The summed E-state index contributed by atoms with van der Waals surface area (Å²) in [6, 6.07) is 1.45. The molecule has 1 heterocycles. The number of nitrogens with zero attached hydrogens (tertiary/aromatic N) is 2. The van der Waals surface area contributed by atoms with E-state index in [-0.39, 0.29) is 17.9 Å². The molecule has 18 heavy (non-hydrogen) atoms. The zero-order chi connectivity index (χ0) is 13.5. The Hall–Kier alpha value is -1.24. The molecule has 0 fully saturated rings. The normalized spacial score (nSPS) is 10.5. The molecule has 1 aromatic heterocycles. The summed E-state index contributed by atoms with van der Waals surface area (Å²) in [4.78, 5) is 17.0. The summed E-state index contributed by atoms with van der Waals surface area (Å²) in [6.45, 7) is -0.398. The molecule has 1 amide bonds. The number of carbonyl (C=O) groups is 1. The molecule has 1 rings (SSSR count). The highest BCUT2D eigenvalue weighted by atomic mass is 79.9. The van der Waals surface area contributed by atoms with Crippen molar-refractivity contribution in [1.29, 1.82) is 0 Å². The van der Waals surface area contributed by atoms with Gasteiger partial charge in [-0.2, -0.15) is 0 Å². The van der Waals surface area contributed by atoms with Crippen molar-refractivity contribution in [3.8, 4) is 5.75 Å². The van der Waals surface area contributed by atoms with Crippen LogP contribution in [0.5, 0.6) is 5.75 Å². The molecule has 0 bridgehead atoms. The lowest BCUT2D eigenvalue weighted by molar-refractivity contribution is 0.0569. The number of carbonyl (C=O) groups excluding carboxylic acids is 1. The molecule has 1 aromatic rings. The van der Waals surface area contributed by atoms with Gasteiger partial charge in [0.2, 0.25) is 0 Å². The highest BCUT2D eigenvalue weighted by Gasteiger charge is 2.21. The minimum Gasteiger partial charge on any atom is -0.494 e. The van der Waals surface area contributed by atoms with Crippen LogP contribution in [0.3, 0.4) is 0 Å². The Morgan fingerprint density at radius 2 is 2.33 bits per heavy atom. The van der Waals surface area contributed by atoms with Crippen LogP contribution in [-0.2, 0) is 0 Å². The van der Waals surface area contributed by atoms with Gasteiger partial charge in [-0.15, -0.1) is 0 Å². The standard InChI is InChI=1S/C11H13BrF2N2O2/c1-18-9-6-15-4-2-8(9)11(17)16(5-3-12)7-10(13)14/h2,4,6,10H,3,5,7H2,1H3. The monoisotopic (exact) mass is 322 g/mol. The predicted molar refractivity (Wildman–Crippen MR) is 66.5 cm³/mol. The average Bonchev–Trinajstić information content (AvgIpc) is 2.37. The van der Waals surface area contributed by atoms with E-state index < -0.39 is 18.9 Å². The van der Waals surface area contributed by atoms with Gasteiger partial charge in [-0.1, -0.05) is 15.9 Å². The lowest BCUT2D eigenvalue weighted by Gasteiger charge is -2.22. The molecule has 4 nitrogen and oxygen atoms in total. The smallest absolute Gasteiger partial charge is 0.257 e. The Labute approximate surface area is 112 Å². The van der Waals surface area contributed by atoms with E-state index >= 15 is 0 Å². The van der Waals surface area contributed by atoms with E-state index in [0.717, 1.165) is 4.90 Å². The molecule has 0 unspecified atom stereocenters. The van der Waals surface area contributed by atoms with Crippen LogP contribution in [0.1, 0.15) is 10.4 Å². The first-order chi connectivity index (χ1) is 8.60. The number of alkyl halides is 3. The van der Waals surface area contributed by atoms with Gasteiger partial charge in [-0.25, -0.2) is 8.78 Å². The van der Waals surface area contributed by atoms with Gasteiger partial charge in [0.25, 0.3) is 12.3 Å². The molecule has 0 radical (unpaired) electrons. The van der Waals surface area contributed by atoms with Crippen LogP contribution in [0.4, 0.5) is 8.78 Å². The summed E-state index contributed by atoms with van der Waals surface area (Å²) in [7, 11) is 1.40. The molecule has 0 aromatic carbocycles. The van der Waals surface area contributed by atoms with E-state index in [1.807, 2.05) is 0 Å².